The van der Waals surface area contributed by atoms with Gasteiger partial charge < -0.3 is 9.64 Å². The highest BCUT2D eigenvalue weighted by Crippen LogP contribution is 2.14. The summed E-state index contributed by atoms with van der Waals surface area (Å²) in [6.07, 6.45) is 1.27. The monoisotopic (exact) mass is 326 g/mol. The molecule has 1 aromatic rings. The summed E-state index contributed by atoms with van der Waals surface area (Å²) in [5, 5.41) is 1.07. The summed E-state index contributed by atoms with van der Waals surface area (Å²) in [4.78, 5) is 5.10. The van der Waals surface area contributed by atoms with Crippen LogP contribution in [0.2, 0.25) is 0 Å². The molecule has 4 heteroatoms. The van der Waals surface area contributed by atoms with Crippen molar-refractivity contribution in [2.45, 2.75) is 13.0 Å². The van der Waals surface area contributed by atoms with Gasteiger partial charge in [0.2, 0.25) is 0 Å². The van der Waals surface area contributed by atoms with Crippen molar-refractivity contribution in [1.29, 1.82) is 0 Å². The van der Waals surface area contributed by atoms with Crippen LogP contribution < -0.4 is 4.74 Å². The van der Waals surface area contributed by atoms with Gasteiger partial charge in [0.1, 0.15) is 5.75 Å². The molecule has 0 spiro atoms. The Morgan fingerprint density at radius 3 is 2.42 bits per heavy atom. The van der Waals surface area contributed by atoms with E-state index in [9.17, 15) is 0 Å². The van der Waals surface area contributed by atoms with Crippen LogP contribution in [0.5, 0.6) is 5.75 Å². The van der Waals surface area contributed by atoms with Gasteiger partial charge in [0, 0.05) is 31.5 Å². The number of rotatable bonds is 5. The Morgan fingerprint density at radius 1 is 1.05 bits per heavy atom. The molecule has 0 bridgehead atoms. The zero-order valence-corrected chi connectivity index (χ0v) is 13.2. The Morgan fingerprint density at radius 2 is 1.74 bits per heavy atom. The second-order valence-electron chi connectivity index (χ2n) is 5.01. The molecule has 19 heavy (non-hydrogen) atoms. The largest absolute Gasteiger partial charge is 0.497 e. The van der Waals surface area contributed by atoms with Crippen LogP contribution in [0.3, 0.4) is 0 Å². The minimum Gasteiger partial charge on any atom is -0.497 e. The van der Waals surface area contributed by atoms with E-state index in [1.54, 1.807) is 7.11 Å². The second-order valence-corrected chi connectivity index (χ2v) is 5.80. The smallest absolute Gasteiger partial charge is 0.118 e. The summed E-state index contributed by atoms with van der Waals surface area (Å²) < 4.78 is 5.20. The fraction of sp³-hybridized carbons (Fsp3) is 0.600. The van der Waals surface area contributed by atoms with Crippen LogP contribution in [0.15, 0.2) is 24.3 Å². The molecule has 0 N–H and O–H groups in total. The lowest BCUT2D eigenvalue weighted by Crippen LogP contribution is -2.31. The van der Waals surface area contributed by atoms with Gasteiger partial charge >= 0.3 is 0 Å². The lowest BCUT2D eigenvalue weighted by Gasteiger charge is -2.21. The van der Waals surface area contributed by atoms with Crippen LogP contribution in [0.1, 0.15) is 12.0 Å². The highest BCUT2D eigenvalue weighted by Gasteiger charge is 2.14. The number of benzene rings is 1. The Balaban J connectivity index is 1.84. The second kappa shape index (κ2) is 7.88. The molecule has 1 saturated heterocycles. The van der Waals surface area contributed by atoms with E-state index >= 15 is 0 Å². The Labute approximate surface area is 124 Å². The predicted octanol–water partition coefficient (Wildman–Crippen LogP) is 2.60. The van der Waals surface area contributed by atoms with Crippen molar-refractivity contribution in [3.05, 3.63) is 29.8 Å². The number of methoxy groups -OCH3 is 1. The highest BCUT2D eigenvalue weighted by atomic mass is 79.9. The van der Waals surface area contributed by atoms with Crippen LogP contribution >= 0.6 is 15.9 Å². The molecule has 106 valence electrons. The SMILES string of the molecule is COc1ccc(CN2CCCN(CCBr)CC2)cc1. The number of alkyl halides is 1. The number of halogens is 1. The quantitative estimate of drug-likeness (QED) is 0.773. The van der Waals surface area contributed by atoms with Gasteiger partial charge in [-0.1, -0.05) is 28.1 Å². The number of hydrogen-bond donors (Lipinski definition) is 0. The van der Waals surface area contributed by atoms with Gasteiger partial charge in [0.25, 0.3) is 0 Å². The van der Waals surface area contributed by atoms with Crippen LogP contribution in [0.25, 0.3) is 0 Å². The van der Waals surface area contributed by atoms with Crippen LogP contribution in [-0.2, 0) is 6.54 Å². The molecule has 0 atom stereocenters. The van der Waals surface area contributed by atoms with Crippen molar-refractivity contribution in [2.24, 2.45) is 0 Å². The topological polar surface area (TPSA) is 15.7 Å². The normalized spacial score (nSPS) is 18.2. The van der Waals surface area contributed by atoms with Gasteiger partial charge in [-0.25, -0.2) is 0 Å². The van der Waals surface area contributed by atoms with Crippen molar-refractivity contribution in [3.63, 3.8) is 0 Å². The molecule has 1 aromatic carbocycles. The Bertz CT molecular complexity index is 369. The molecular formula is C15H23BrN2O. The van der Waals surface area contributed by atoms with Gasteiger partial charge in [-0.15, -0.1) is 0 Å². The maximum Gasteiger partial charge on any atom is 0.118 e. The van der Waals surface area contributed by atoms with E-state index in [-0.39, 0.29) is 0 Å². The summed E-state index contributed by atoms with van der Waals surface area (Å²) >= 11 is 3.53. The summed E-state index contributed by atoms with van der Waals surface area (Å²) in [6.45, 7) is 6.98. The zero-order chi connectivity index (χ0) is 13.5. The molecule has 0 amide bonds. The molecule has 0 unspecified atom stereocenters. The first-order chi connectivity index (χ1) is 9.31. The predicted molar refractivity (Wildman–Crippen MR) is 83.1 cm³/mol. The van der Waals surface area contributed by atoms with Gasteiger partial charge in [-0.3, -0.25) is 4.90 Å². The molecule has 0 radical (unpaired) electrons. The van der Waals surface area contributed by atoms with E-state index in [0.717, 1.165) is 24.2 Å². The molecule has 1 fully saturated rings. The zero-order valence-electron chi connectivity index (χ0n) is 11.6. The fourth-order valence-corrected chi connectivity index (χ4v) is 3.02. The molecule has 0 aromatic heterocycles. The van der Waals surface area contributed by atoms with E-state index in [1.807, 2.05) is 12.1 Å². The lowest BCUT2D eigenvalue weighted by molar-refractivity contribution is 0.258. The Kier molecular flexibility index (Phi) is 6.14. The lowest BCUT2D eigenvalue weighted by atomic mass is 10.2. The van der Waals surface area contributed by atoms with Gasteiger partial charge in [0.15, 0.2) is 0 Å². The molecule has 1 heterocycles. The number of ether oxygens (including phenoxy) is 1. The molecule has 3 nitrogen and oxygen atoms in total. The molecule has 1 aliphatic rings. The minimum absolute atomic E-state index is 0.933. The highest BCUT2D eigenvalue weighted by molar-refractivity contribution is 9.09. The molecule has 2 rings (SSSR count). The molecular weight excluding hydrogens is 304 g/mol. The van der Waals surface area contributed by atoms with Crippen molar-refractivity contribution in [3.8, 4) is 5.75 Å². The van der Waals surface area contributed by atoms with E-state index < -0.39 is 0 Å². The van der Waals surface area contributed by atoms with Gasteiger partial charge in [-0.2, -0.15) is 0 Å². The van der Waals surface area contributed by atoms with Gasteiger partial charge in [0.05, 0.1) is 7.11 Å². The van der Waals surface area contributed by atoms with E-state index in [1.165, 1.54) is 38.2 Å². The van der Waals surface area contributed by atoms with Crippen LogP contribution in [-0.4, -0.2) is 55.0 Å². The standard InChI is InChI=1S/C15H23BrN2O/c1-19-15-5-3-14(4-6-15)13-18-9-2-8-17(10-7-16)11-12-18/h3-6H,2,7-13H2,1H3. The van der Waals surface area contributed by atoms with E-state index in [0.29, 0.717) is 0 Å². The summed E-state index contributed by atoms with van der Waals surface area (Å²) in [7, 11) is 1.71. The minimum atomic E-state index is 0.933. The van der Waals surface area contributed by atoms with Crippen LogP contribution in [0, 0.1) is 0 Å². The summed E-state index contributed by atoms with van der Waals surface area (Å²) in [6, 6.07) is 8.43. The van der Waals surface area contributed by atoms with Crippen molar-refractivity contribution >= 4 is 15.9 Å². The summed E-state index contributed by atoms with van der Waals surface area (Å²) in [5.41, 5.74) is 1.37. The molecule has 0 saturated carbocycles. The number of hydrogen-bond acceptors (Lipinski definition) is 3. The first-order valence-electron chi connectivity index (χ1n) is 6.95. The summed E-state index contributed by atoms with van der Waals surface area (Å²) in [5.74, 6) is 0.933. The maximum atomic E-state index is 5.20. The van der Waals surface area contributed by atoms with E-state index in [2.05, 4.69) is 37.9 Å². The van der Waals surface area contributed by atoms with Crippen molar-refractivity contribution < 1.29 is 4.74 Å². The Hall–Kier alpha value is -0.580. The third-order valence-electron chi connectivity index (χ3n) is 3.65. The maximum absolute atomic E-state index is 5.20. The van der Waals surface area contributed by atoms with Gasteiger partial charge in [-0.05, 0) is 37.2 Å². The third kappa shape index (κ3) is 4.79. The third-order valence-corrected chi connectivity index (χ3v) is 4.00. The van der Waals surface area contributed by atoms with Crippen molar-refractivity contribution in [1.82, 2.24) is 9.80 Å². The van der Waals surface area contributed by atoms with E-state index in [4.69, 9.17) is 4.74 Å². The van der Waals surface area contributed by atoms with Crippen molar-refractivity contribution in [2.75, 3.05) is 45.2 Å². The molecule has 1 aliphatic heterocycles. The average molecular weight is 327 g/mol. The first kappa shape index (κ1) is 14.8. The van der Waals surface area contributed by atoms with Crippen LogP contribution in [0.4, 0.5) is 0 Å². The first-order valence-corrected chi connectivity index (χ1v) is 8.07. The average Bonchev–Trinajstić information content (AvgIpc) is 2.66. The molecule has 0 aliphatic carbocycles. The fourth-order valence-electron chi connectivity index (χ4n) is 2.51. The number of nitrogens with zero attached hydrogens (tertiary/aromatic N) is 2.